The van der Waals surface area contributed by atoms with Crippen molar-refractivity contribution < 1.29 is 28.9 Å². The van der Waals surface area contributed by atoms with E-state index in [-0.39, 0.29) is 11.5 Å². The number of unbranched alkanes of at least 4 members (excludes halogenated alkanes) is 2. The van der Waals surface area contributed by atoms with E-state index in [0.29, 0.717) is 47.4 Å². The number of nitrogens with zero attached hydrogens (tertiary/aromatic N) is 6. The fraction of sp³-hybridized carbons (Fsp3) is 0.425. The summed E-state index contributed by atoms with van der Waals surface area (Å²) in [6.07, 6.45) is 19.9. The third-order valence-corrected chi connectivity index (χ3v) is 7.91. The van der Waals surface area contributed by atoms with Crippen LogP contribution in [-0.4, -0.2) is 80.7 Å². The minimum Gasteiger partial charge on any atom is -0.489 e. The number of nitrogens with two attached hydrogens (primary N) is 1. The number of ether oxygens (including phenoxy) is 2. The Labute approximate surface area is 317 Å². The van der Waals surface area contributed by atoms with E-state index in [2.05, 4.69) is 45.1 Å². The summed E-state index contributed by atoms with van der Waals surface area (Å²) in [5, 5.41) is 26.4. The van der Waals surface area contributed by atoms with Crippen molar-refractivity contribution in [1.82, 2.24) is 20.0 Å². The van der Waals surface area contributed by atoms with Crippen LogP contribution in [0.25, 0.3) is 11.0 Å². The van der Waals surface area contributed by atoms with Gasteiger partial charge >= 0.3 is 0 Å². The van der Waals surface area contributed by atoms with Crippen LogP contribution in [0, 0.1) is 31.0 Å². The Kier molecular flexibility index (Phi) is 17.0. The van der Waals surface area contributed by atoms with Gasteiger partial charge in [0.25, 0.3) is 0 Å². The van der Waals surface area contributed by atoms with Crippen LogP contribution in [0.3, 0.4) is 0 Å². The molecule has 5 N–H and O–H groups in total. The summed E-state index contributed by atoms with van der Waals surface area (Å²) in [6.45, 7) is 13.7. The first-order chi connectivity index (χ1) is 25.8. The normalized spacial score (nSPS) is 16.2. The molecule has 13 nitrogen and oxygen atoms in total. The zero-order valence-electron chi connectivity index (χ0n) is 32.0. The van der Waals surface area contributed by atoms with Gasteiger partial charge in [-0.25, -0.2) is 19.3 Å². The number of rotatable bonds is 12. The van der Waals surface area contributed by atoms with E-state index in [1.807, 2.05) is 39.1 Å². The number of terminal acetylenes is 1. The Morgan fingerprint density at radius 3 is 2.69 bits per heavy atom. The van der Waals surface area contributed by atoms with E-state index >= 15 is 4.39 Å². The molecule has 14 heteroatoms. The molecular weight excluding hydrogens is 691 g/mol. The fourth-order valence-electron chi connectivity index (χ4n) is 5.10. The first kappa shape index (κ1) is 43.0. The molecule has 0 saturated heterocycles. The molecule has 2 aliphatic rings. The first-order valence-electron chi connectivity index (χ1n) is 18.0. The summed E-state index contributed by atoms with van der Waals surface area (Å²) in [5.41, 5.74) is 5.51. The lowest BCUT2D eigenvalue weighted by molar-refractivity contribution is -0.112. The molecule has 4 heterocycles. The molecule has 0 fully saturated rings. The summed E-state index contributed by atoms with van der Waals surface area (Å²) >= 11 is 0. The van der Waals surface area contributed by atoms with Gasteiger partial charge in [0.05, 0.1) is 31.0 Å². The van der Waals surface area contributed by atoms with Crippen molar-refractivity contribution in [2.24, 2.45) is 16.8 Å². The molecule has 54 heavy (non-hydrogen) atoms. The molecule has 290 valence electrons. The van der Waals surface area contributed by atoms with E-state index in [1.165, 1.54) is 19.3 Å². The topological polar surface area (TPSA) is 172 Å². The minimum atomic E-state index is -1.77. The molecule has 0 radical (unpaired) electrons. The number of hydrazone groups is 1. The Bertz CT molecular complexity index is 1870. The monoisotopic (exact) mass is 744 g/mol. The van der Waals surface area contributed by atoms with E-state index < -0.39 is 18.1 Å². The molecule has 3 aromatic rings. The quantitative estimate of drug-likeness (QED) is 0.0550. The number of ketones is 1. The number of carbonyl (C=O) groups excluding carboxylic acids is 1. The van der Waals surface area contributed by atoms with Crippen molar-refractivity contribution in [3.8, 4) is 23.8 Å². The van der Waals surface area contributed by atoms with Crippen LogP contribution < -0.4 is 25.4 Å². The first-order valence-corrected chi connectivity index (χ1v) is 18.0. The lowest BCUT2D eigenvalue weighted by atomic mass is 10.1. The van der Waals surface area contributed by atoms with Gasteiger partial charge in [0.15, 0.2) is 28.9 Å². The summed E-state index contributed by atoms with van der Waals surface area (Å²) in [5.74, 6) is 5.12. The average molecular weight is 745 g/mol. The number of hydrogen-bond donors (Lipinski definition) is 4. The zero-order valence-corrected chi connectivity index (χ0v) is 32.0. The number of pyridine rings is 1. The van der Waals surface area contributed by atoms with Crippen molar-refractivity contribution in [1.29, 1.82) is 0 Å². The lowest BCUT2D eigenvalue weighted by Crippen LogP contribution is -2.41. The summed E-state index contributed by atoms with van der Waals surface area (Å²) in [4.78, 5) is 26.4. The predicted molar refractivity (Wildman–Crippen MR) is 212 cm³/mol. The highest BCUT2D eigenvalue weighted by molar-refractivity contribution is 5.90. The number of benzene rings is 1. The fourth-order valence-corrected chi connectivity index (χ4v) is 5.10. The van der Waals surface area contributed by atoms with Gasteiger partial charge in [-0.15, -0.1) is 12.3 Å². The number of halogens is 1. The van der Waals surface area contributed by atoms with Crippen LogP contribution in [0.15, 0.2) is 65.9 Å². The number of aliphatic hydroxyl groups excluding tert-OH is 1. The molecule has 2 atom stereocenters. The maximum atomic E-state index is 15.3. The number of allylic oxidation sites excluding steroid dienone is 2. The Morgan fingerprint density at radius 1 is 1.30 bits per heavy atom. The van der Waals surface area contributed by atoms with E-state index in [4.69, 9.17) is 36.8 Å². The Hall–Kier alpha value is -5.36. The minimum absolute atomic E-state index is 0.225. The van der Waals surface area contributed by atoms with E-state index in [9.17, 15) is 4.79 Å². The third kappa shape index (κ3) is 13.2. The SMILES string of the molecule is C#CCC.C/C=N\N1C=CC(Oc2cc(F)c(Nc3ncnc4cc5c(nc34)N(CCCCC)CC(C)CO5)cc2C)=CC1.CC(=O)/C=C/C(N)(O)CO. The van der Waals surface area contributed by atoms with Gasteiger partial charge in [-0.2, -0.15) is 5.10 Å². The number of hydrogen-bond acceptors (Lipinski definition) is 13. The standard InChI is InChI=1S/C30H36FN7O2.C6H11NO3.C4H6/c1-5-7-8-11-37-17-20(3)18-39-27-16-25-28(36-30(27)37)29(33-19-32-25)35-24-14-21(4)26(15-23(24)31)40-22-9-12-38(13-10-22)34-6-2;1-5(9)2-3-6(7,10)4-8;1-3-4-2/h6,9-10,12,14-16,19-20H,5,7-8,11,13,17-18H2,1-4H3,(H,32,33,35);2-3,8,10H,4,7H2,1H3;1H,4H2,2H3/b34-6-;3-2+;. The highest BCUT2D eigenvalue weighted by Gasteiger charge is 2.24. The summed E-state index contributed by atoms with van der Waals surface area (Å²) in [6, 6.07) is 5.01. The molecule has 0 amide bonds. The number of fused-ring (bicyclic) bond motifs is 2. The van der Waals surface area contributed by atoms with Crippen molar-refractivity contribution in [3.63, 3.8) is 0 Å². The Balaban J connectivity index is 0.000000477. The van der Waals surface area contributed by atoms with Gasteiger partial charge in [0.1, 0.15) is 29.2 Å². The van der Waals surface area contributed by atoms with Crippen LogP contribution in [0.5, 0.6) is 11.5 Å². The highest BCUT2D eigenvalue weighted by atomic mass is 19.1. The van der Waals surface area contributed by atoms with Crippen molar-refractivity contribution >= 4 is 40.4 Å². The van der Waals surface area contributed by atoms with Crippen molar-refractivity contribution in [3.05, 3.63) is 72.2 Å². The third-order valence-electron chi connectivity index (χ3n) is 7.91. The van der Waals surface area contributed by atoms with Gasteiger partial charge in [-0.1, -0.05) is 33.6 Å². The average Bonchev–Trinajstić information content (AvgIpc) is 3.31. The number of carbonyl (C=O) groups is 1. The van der Waals surface area contributed by atoms with Crippen LogP contribution in [0.2, 0.25) is 0 Å². The van der Waals surface area contributed by atoms with Gasteiger partial charge in [0, 0.05) is 50.0 Å². The number of aliphatic hydroxyl groups is 2. The molecule has 0 bridgehead atoms. The molecule has 0 spiro atoms. The van der Waals surface area contributed by atoms with Gasteiger partial charge in [0.2, 0.25) is 0 Å². The molecule has 2 unspecified atom stereocenters. The van der Waals surface area contributed by atoms with Gasteiger partial charge in [-0.05, 0) is 63.1 Å². The molecular formula is C40H53FN8O5. The number of anilines is 3. The molecule has 5 rings (SSSR count). The maximum Gasteiger partial charge on any atom is 0.172 e. The number of aryl methyl sites for hydroxylation is 1. The van der Waals surface area contributed by atoms with Crippen molar-refractivity contribution in [2.45, 2.75) is 73.0 Å². The van der Waals surface area contributed by atoms with E-state index in [1.54, 1.807) is 23.4 Å². The zero-order chi connectivity index (χ0) is 39.7. The van der Waals surface area contributed by atoms with Gasteiger partial charge < -0.3 is 29.9 Å². The molecule has 2 aromatic heterocycles. The second-order valence-electron chi connectivity index (χ2n) is 12.9. The molecule has 0 saturated carbocycles. The number of nitrogens with one attached hydrogen (secondary N) is 1. The van der Waals surface area contributed by atoms with Gasteiger partial charge in [-0.3, -0.25) is 15.5 Å². The second kappa shape index (κ2) is 21.4. The van der Waals surface area contributed by atoms with Crippen LogP contribution in [0.1, 0.15) is 65.9 Å². The van der Waals surface area contributed by atoms with E-state index in [0.717, 1.165) is 68.1 Å². The number of aromatic nitrogens is 3. The highest BCUT2D eigenvalue weighted by Crippen LogP contribution is 2.36. The lowest BCUT2D eigenvalue weighted by Gasteiger charge is -2.24. The summed E-state index contributed by atoms with van der Waals surface area (Å²) < 4.78 is 27.4. The second-order valence-corrected chi connectivity index (χ2v) is 12.9. The van der Waals surface area contributed by atoms with Crippen LogP contribution in [-0.2, 0) is 4.79 Å². The Morgan fingerprint density at radius 2 is 2.06 bits per heavy atom. The largest absolute Gasteiger partial charge is 0.489 e. The molecule has 0 aliphatic carbocycles. The molecule has 2 aliphatic heterocycles. The smallest absolute Gasteiger partial charge is 0.172 e. The predicted octanol–water partition coefficient (Wildman–Crippen LogP) is 6.14. The van der Waals surface area contributed by atoms with Crippen molar-refractivity contribution in [2.75, 3.05) is 43.1 Å². The van der Waals surface area contributed by atoms with Crippen LogP contribution >= 0.6 is 0 Å². The van der Waals surface area contributed by atoms with Crippen LogP contribution in [0.4, 0.5) is 21.7 Å². The summed E-state index contributed by atoms with van der Waals surface area (Å²) in [7, 11) is 0. The molecule has 1 aromatic carbocycles. The maximum absolute atomic E-state index is 15.3.